The molecule has 40 heavy (non-hydrogen) atoms. The molecule has 9 nitrogen and oxygen atoms in total. The van der Waals surface area contributed by atoms with Crippen LogP contribution < -0.4 is 5.73 Å². The number of ether oxygens (including phenoxy) is 2. The Hall–Kier alpha value is -0.540. The highest BCUT2D eigenvalue weighted by atomic mass is 31.2. The molecule has 3 unspecified atom stereocenters. The van der Waals surface area contributed by atoms with Crippen LogP contribution in [0.25, 0.3) is 0 Å². The Bertz CT molecular complexity index is 610. The number of nitrogens with two attached hydrogens (primary N) is 1. The predicted octanol–water partition coefficient (Wildman–Crippen LogP) is 7.78. The van der Waals surface area contributed by atoms with Crippen LogP contribution in [0.5, 0.6) is 0 Å². The Kier molecular flexibility index (Phi) is 28.2. The molecule has 0 aliphatic carbocycles. The van der Waals surface area contributed by atoms with Gasteiger partial charge in [-0.25, -0.2) is 4.57 Å². The molecule has 0 rings (SSSR count). The van der Waals surface area contributed by atoms with Crippen molar-refractivity contribution in [1.82, 2.24) is 0 Å². The highest BCUT2D eigenvalue weighted by Gasteiger charge is 2.26. The SMILES string of the molecule is CCCCCCCCCCCCOCC(COP(=O)(O)OCC(N)C(=O)O)OCCCCCCCCCCCC. The van der Waals surface area contributed by atoms with E-state index in [1.165, 1.54) is 103 Å². The number of carbonyl (C=O) groups is 1. The second kappa shape index (κ2) is 28.6. The Morgan fingerprint density at radius 3 is 1.50 bits per heavy atom. The van der Waals surface area contributed by atoms with E-state index >= 15 is 0 Å². The summed E-state index contributed by atoms with van der Waals surface area (Å²) < 4.78 is 33.6. The summed E-state index contributed by atoms with van der Waals surface area (Å²) in [5, 5.41) is 8.82. The molecule has 0 aromatic heterocycles. The van der Waals surface area contributed by atoms with Gasteiger partial charge in [0.25, 0.3) is 0 Å². The first-order valence-electron chi connectivity index (χ1n) is 16.1. The number of unbranched alkanes of at least 4 members (excludes halogenated alkanes) is 18. The summed E-state index contributed by atoms with van der Waals surface area (Å²) in [6.45, 7) is 5.04. The molecule has 0 aromatic rings. The van der Waals surface area contributed by atoms with Crippen molar-refractivity contribution in [2.24, 2.45) is 5.73 Å². The zero-order chi connectivity index (χ0) is 29.7. The van der Waals surface area contributed by atoms with Gasteiger partial charge in [0.15, 0.2) is 0 Å². The molecule has 0 saturated heterocycles. The van der Waals surface area contributed by atoms with Crippen LogP contribution in [0.2, 0.25) is 0 Å². The van der Waals surface area contributed by atoms with Crippen molar-refractivity contribution < 1.29 is 37.9 Å². The number of carboxylic acid groups (broad SMARTS) is 1. The number of aliphatic carboxylic acids is 1. The van der Waals surface area contributed by atoms with Gasteiger partial charge in [-0.3, -0.25) is 13.8 Å². The largest absolute Gasteiger partial charge is 0.480 e. The average Bonchev–Trinajstić information content (AvgIpc) is 2.93. The third kappa shape index (κ3) is 27.6. The van der Waals surface area contributed by atoms with Gasteiger partial charge in [-0.05, 0) is 12.8 Å². The molecule has 0 heterocycles. The lowest BCUT2D eigenvalue weighted by Crippen LogP contribution is -2.34. The van der Waals surface area contributed by atoms with Crippen LogP contribution in [0.15, 0.2) is 0 Å². The molecule has 0 aromatic carbocycles. The van der Waals surface area contributed by atoms with Crippen molar-refractivity contribution >= 4 is 13.8 Å². The van der Waals surface area contributed by atoms with E-state index in [0.29, 0.717) is 13.2 Å². The van der Waals surface area contributed by atoms with Gasteiger partial charge in [0.05, 0.1) is 19.8 Å². The van der Waals surface area contributed by atoms with Crippen LogP contribution in [0.4, 0.5) is 0 Å². The molecule has 3 atom stereocenters. The zero-order valence-corrected chi connectivity index (χ0v) is 26.6. The summed E-state index contributed by atoms with van der Waals surface area (Å²) >= 11 is 0. The first kappa shape index (κ1) is 39.5. The fourth-order valence-corrected chi connectivity index (χ4v) is 5.13. The second-order valence-corrected chi connectivity index (χ2v) is 12.4. The summed E-state index contributed by atoms with van der Waals surface area (Å²) in [6, 6.07) is -1.41. The summed E-state index contributed by atoms with van der Waals surface area (Å²) in [6.07, 6.45) is 24.3. The van der Waals surface area contributed by atoms with Gasteiger partial charge < -0.3 is 25.2 Å². The van der Waals surface area contributed by atoms with Crippen molar-refractivity contribution in [2.45, 2.75) is 154 Å². The molecule has 0 aliphatic heterocycles. The monoisotopic (exact) mass is 595 g/mol. The highest BCUT2D eigenvalue weighted by molar-refractivity contribution is 7.47. The lowest BCUT2D eigenvalue weighted by molar-refractivity contribution is -0.139. The molecule has 0 spiro atoms. The van der Waals surface area contributed by atoms with Crippen molar-refractivity contribution in [1.29, 1.82) is 0 Å². The van der Waals surface area contributed by atoms with E-state index in [1.807, 2.05) is 0 Å². The van der Waals surface area contributed by atoms with Crippen LogP contribution in [0, 0.1) is 0 Å². The molecule has 0 saturated carbocycles. The maximum atomic E-state index is 12.1. The normalized spacial score (nSPS) is 14.7. The first-order chi connectivity index (χ1) is 19.3. The van der Waals surface area contributed by atoms with E-state index in [0.717, 1.165) is 25.7 Å². The number of hydrogen-bond donors (Lipinski definition) is 3. The summed E-state index contributed by atoms with van der Waals surface area (Å²) in [7, 11) is -4.46. The molecule has 0 bridgehead atoms. The van der Waals surface area contributed by atoms with E-state index in [1.54, 1.807) is 0 Å². The molecular formula is C30H62NO8P. The zero-order valence-electron chi connectivity index (χ0n) is 25.7. The number of phosphoric ester groups is 1. The summed E-state index contributed by atoms with van der Waals surface area (Å²) in [5.74, 6) is -1.32. The maximum Gasteiger partial charge on any atom is 0.472 e. The summed E-state index contributed by atoms with van der Waals surface area (Å²) in [4.78, 5) is 20.7. The third-order valence-corrected chi connectivity index (χ3v) is 7.91. The molecule has 0 aliphatic rings. The molecule has 0 radical (unpaired) electrons. The number of hydrogen-bond acceptors (Lipinski definition) is 7. The Labute approximate surface area is 244 Å². The van der Waals surface area contributed by atoms with Crippen LogP contribution in [0.1, 0.15) is 142 Å². The molecular weight excluding hydrogens is 533 g/mol. The van der Waals surface area contributed by atoms with Crippen molar-refractivity contribution in [3.05, 3.63) is 0 Å². The average molecular weight is 596 g/mol. The van der Waals surface area contributed by atoms with Gasteiger partial charge in [-0.1, -0.05) is 129 Å². The lowest BCUT2D eigenvalue weighted by Gasteiger charge is -2.20. The Morgan fingerprint density at radius 1 is 0.650 bits per heavy atom. The molecule has 240 valence electrons. The highest BCUT2D eigenvalue weighted by Crippen LogP contribution is 2.43. The number of rotatable bonds is 32. The van der Waals surface area contributed by atoms with Crippen LogP contribution in [0.3, 0.4) is 0 Å². The van der Waals surface area contributed by atoms with Gasteiger partial charge in [-0.2, -0.15) is 0 Å². The van der Waals surface area contributed by atoms with Crippen LogP contribution in [-0.2, 0) is 27.9 Å². The van der Waals surface area contributed by atoms with E-state index in [4.69, 9.17) is 29.4 Å². The Balaban J connectivity index is 4.20. The fourth-order valence-electron chi connectivity index (χ4n) is 4.35. The maximum absolute atomic E-state index is 12.1. The minimum Gasteiger partial charge on any atom is -0.480 e. The van der Waals surface area contributed by atoms with Gasteiger partial charge in [-0.15, -0.1) is 0 Å². The molecule has 10 heteroatoms. The lowest BCUT2D eigenvalue weighted by atomic mass is 10.1. The van der Waals surface area contributed by atoms with E-state index < -0.39 is 32.5 Å². The van der Waals surface area contributed by atoms with E-state index in [2.05, 4.69) is 13.8 Å². The van der Waals surface area contributed by atoms with E-state index in [-0.39, 0.29) is 13.2 Å². The van der Waals surface area contributed by atoms with Gasteiger partial charge in [0, 0.05) is 13.2 Å². The second-order valence-electron chi connectivity index (χ2n) is 10.9. The minimum atomic E-state index is -4.46. The topological polar surface area (TPSA) is 138 Å². The van der Waals surface area contributed by atoms with Crippen LogP contribution >= 0.6 is 7.82 Å². The predicted molar refractivity (Wildman–Crippen MR) is 162 cm³/mol. The van der Waals surface area contributed by atoms with Crippen molar-refractivity contribution in [3.8, 4) is 0 Å². The van der Waals surface area contributed by atoms with Gasteiger partial charge >= 0.3 is 13.8 Å². The summed E-state index contributed by atoms with van der Waals surface area (Å²) in [5.41, 5.74) is 5.33. The van der Waals surface area contributed by atoms with Crippen molar-refractivity contribution in [3.63, 3.8) is 0 Å². The first-order valence-corrected chi connectivity index (χ1v) is 17.6. The standard InChI is InChI=1S/C30H62NO8P/c1-3-5-7-9-11-13-15-17-19-21-23-36-25-28(26-38-40(34,35)39-27-29(31)30(32)33)37-24-22-20-18-16-14-12-10-8-6-4-2/h28-29H,3-27,31H2,1-2H3,(H,32,33)(H,34,35). The van der Waals surface area contributed by atoms with Crippen molar-refractivity contribution in [2.75, 3.05) is 33.0 Å². The Morgan fingerprint density at radius 2 is 1.05 bits per heavy atom. The molecule has 4 N–H and O–H groups in total. The van der Waals surface area contributed by atoms with E-state index in [9.17, 15) is 14.3 Å². The fraction of sp³-hybridized carbons (Fsp3) is 0.967. The third-order valence-electron chi connectivity index (χ3n) is 6.96. The number of carboxylic acids is 1. The molecule has 0 fully saturated rings. The van der Waals surface area contributed by atoms with Gasteiger partial charge in [0.1, 0.15) is 12.1 Å². The quantitative estimate of drug-likeness (QED) is 0.0526. The van der Waals surface area contributed by atoms with Crippen LogP contribution in [-0.4, -0.2) is 61.1 Å². The molecule has 0 amide bonds. The smallest absolute Gasteiger partial charge is 0.472 e. The minimum absolute atomic E-state index is 0.189. The number of phosphoric acid groups is 1. The van der Waals surface area contributed by atoms with Gasteiger partial charge in [0.2, 0.25) is 0 Å².